The zero-order valence-electron chi connectivity index (χ0n) is 19.2. The number of halogens is 1. The van der Waals surface area contributed by atoms with E-state index >= 15 is 0 Å². The summed E-state index contributed by atoms with van der Waals surface area (Å²) < 4.78 is 46.4. The van der Waals surface area contributed by atoms with Crippen LogP contribution in [0.5, 0.6) is 0 Å². The van der Waals surface area contributed by atoms with E-state index in [2.05, 4.69) is 14.9 Å². The molecular formula is C26H28FN3O4S. The van der Waals surface area contributed by atoms with Gasteiger partial charge in [0, 0.05) is 38.3 Å². The molecule has 4 rings (SSSR count). The number of amides is 1. The number of nitrogens with one attached hydrogen (secondary N) is 2. The van der Waals surface area contributed by atoms with E-state index in [0.717, 1.165) is 49.5 Å². The van der Waals surface area contributed by atoms with E-state index in [-0.39, 0.29) is 17.3 Å². The normalized spacial score (nSPS) is 14.5. The molecule has 0 aromatic heterocycles. The molecule has 0 aliphatic carbocycles. The fourth-order valence-corrected chi connectivity index (χ4v) is 4.73. The number of rotatable bonds is 9. The van der Waals surface area contributed by atoms with E-state index in [1.165, 1.54) is 24.3 Å². The van der Waals surface area contributed by atoms with Crippen molar-refractivity contribution in [1.29, 1.82) is 0 Å². The lowest BCUT2D eigenvalue weighted by Crippen LogP contribution is -2.35. The Morgan fingerprint density at radius 3 is 2.03 bits per heavy atom. The van der Waals surface area contributed by atoms with Gasteiger partial charge in [-0.2, -0.15) is 0 Å². The fraction of sp³-hybridized carbons (Fsp3) is 0.269. The predicted molar refractivity (Wildman–Crippen MR) is 131 cm³/mol. The largest absolute Gasteiger partial charge is 0.379 e. The molecule has 0 atom stereocenters. The Morgan fingerprint density at radius 2 is 1.40 bits per heavy atom. The minimum Gasteiger partial charge on any atom is -0.379 e. The molecule has 0 bridgehead atoms. The molecule has 3 aromatic carbocycles. The van der Waals surface area contributed by atoms with Crippen LogP contribution in [0.1, 0.15) is 27.0 Å². The average molecular weight is 498 g/mol. The van der Waals surface area contributed by atoms with Gasteiger partial charge in [-0.3, -0.25) is 9.69 Å². The van der Waals surface area contributed by atoms with Crippen molar-refractivity contribution in [3.63, 3.8) is 0 Å². The van der Waals surface area contributed by atoms with Crippen molar-refractivity contribution in [3.8, 4) is 0 Å². The number of morpholine rings is 1. The summed E-state index contributed by atoms with van der Waals surface area (Å²) in [7, 11) is -3.64. The summed E-state index contributed by atoms with van der Waals surface area (Å²) in [5.74, 6) is -0.689. The predicted octanol–water partition coefficient (Wildman–Crippen LogP) is 3.07. The summed E-state index contributed by atoms with van der Waals surface area (Å²) in [4.78, 5) is 14.7. The Hall–Kier alpha value is -3.11. The minimum absolute atomic E-state index is 0.153. The molecule has 1 heterocycles. The Labute approximate surface area is 205 Å². The van der Waals surface area contributed by atoms with E-state index in [1.807, 2.05) is 36.4 Å². The standard InChI is InChI=1S/C26H28FN3O4S/c27-24-9-7-23(8-10-24)26(31)28-17-20-1-3-21(4-2-20)18-29-35(32,33)25-11-5-22(6-12-25)19-30-13-15-34-16-14-30/h1-12,29H,13-19H2,(H,28,31). The van der Waals surface area contributed by atoms with Gasteiger partial charge in [0.15, 0.2) is 0 Å². The highest BCUT2D eigenvalue weighted by Gasteiger charge is 2.15. The van der Waals surface area contributed by atoms with Gasteiger partial charge in [0.05, 0.1) is 18.1 Å². The van der Waals surface area contributed by atoms with Crippen LogP contribution in [0.2, 0.25) is 0 Å². The lowest BCUT2D eigenvalue weighted by atomic mass is 10.1. The van der Waals surface area contributed by atoms with Gasteiger partial charge in [-0.25, -0.2) is 17.5 Å². The number of carbonyl (C=O) groups is 1. The second kappa shape index (κ2) is 11.5. The van der Waals surface area contributed by atoms with Crippen molar-refractivity contribution in [1.82, 2.24) is 14.9 Å². The maximum atomic E-state index is 13.0. The van der Waals surface area contributed by atoms with Gasteiger partial charge in [0.25, 0.3) is 5.91 Å². The number of nitrogens with zero attached hydrogens (tertiary/aromatic N) is 1. The number of carbonyl (C=O) groups excluding carboxylic acids is 1. The first-order chi connectivity index (χ1) is 16.9. The van der Waals surface area contributed by atoms with Gasteiger partial charge in [-0.1, -0.05) is 36.4 Å². The van der Waals surface area contributed by atoms with Crippen molar-refractivity contribution in [2.75, 3.05) is 26.3 Å². The first kappa shape index (κ1) is 25.0. The maximum Gasteiger partial charge on any atom is 0.251 e. The molecule has 1 fully saturated rings. The Bertz CT molecular complexity index is 1230. The highest BCUT2D eigenvalue weighted by molar-refractivity contribution is 7.89. The molecule has 35 heavy (non-hydrogen) atoms. The zero-order chi connectivity index (χ0) is 24.7. The lowest BCUT2D eigenvalue weighted by Gasteiger charge is -2.26. The van der Waals surface area contributed by atoms with Gasteiger partial charge < -0.3 is 10.1 Å². The molecular weight excluding hydrogens is 469 g/mol. The second-order valence-corrected chi connectivity index (χ2v) is 10.1. The number of ether oxygens (including phenoxy) is 1. The summed E-state index contributed by atoms with van der Waals surface area (Å²) in [6.07, 6.45) is 0. The molecule has 1 aliphatic rings. The molecule has 1 aliphatic heterocycles. The third-order valence-corrected chi connectivity index (χ3v) is 7.21. The minimum atomic E-state index is -3.64. The molecule has 0 radical (unpaired) electrons. The van der Waals surface area contributed by atoms with Crippen LogP contribution in [0.25, 0.3) is 0 Å². The first-order valence-electron chi connectivity index (χ1n) is 11.4. The molecule has 1 saturated heterocycles. The van der Waals surface area contributed by atoms with Crippen molar-refractivity contribution >= 4 is 15.9 Å². The van der Waals surface area contributed by atoms with E-state index in [9.17, 15) is 17.6 Å². The summed E-state index contributed by atoms with van der Waals surface area (Å²) in [6.45, 7) is 4.43. The first-order valence-corrected chi connectivity index (χ1v) is 12.9. The number of hydrogen-bond acceptors (Lipinski definition) is 5. The Morgan fingerprint density at radius 1 is 0.829 bits per heavy atom. The molecule has 0 saturated carbocycles. The topological polar surface area (TPSA) is 87.7 Å². The summed E-state index contributed by atoms with van der Waals surface area (Å²) in [6, 6.07) is 19.6. The quantitative estimate of drug-likeness (QED) is 0.475. The van der Waals surface area contributed by atoms with Crippen molar-refractivity contribution in [2.45, 2.75) is 24.5 Å². The maximum absolute atomic E-state index is 13.0. The van der Waals surface area contributed by atoms with Crippen LogP contribution in [0.4, 0.5) is 4.39 Å². The molecule has 9 heteroatoms. The van der Waals surface area contributed by atoms with Gasteiger partial charge in [-0.15, -0.1) is 0 Å². The van der Waals surface area contributed by atoms with Crippen LogP contribution in [0, 0.1) is 5.82 Å². The van der Waals surface area contributed by atoms with Gasteiger partial charge in [0.2, 0.25) is 10.0 Å². The van der Waals surface area contributed by atoms with Crippen molar-refractivity contribution in [3.05, 3.63) is 101 Å². The van der Waals surface area contributed by atoms with E-state index < -0.39 is 15.8 Å². The Balaban J connectivity index is 1.26. The molecule has 1 amide bonds. The number of hydrogen-bond donors (Lipinski definition) is 2. The molecule has 184 valence electrons. The summed E-state index contributed by atoms with van der Waals surface area (Å²) in [5.41, 5.74) is 3.11. The summed E-state index contributed by atoms with van der Waals surface area (Å²) >= 11 is 0. The number of sulfonamides is 1. The smallest absolute Gasteiger partial charge is 0.251 e. The fourth-order valence-electron chi connectivity index (χ4n) is 3.71. The molecule has 7 nitrogen and oxygen atoms in total. The average Bonchev–Trinajstić information content (AvgIpc) is 2.88. The van der Waals surface area contributed by atoms with Crippen molar-refractivity contribution < 1.29 is 22.3 Å². The monoisotopic (exact) mass is 497 g/mol. The summed E-state index contributed by atoms with van der Waals surface area (Å²) in [5, 5.41) is 2.78. The van der Waals surface area contributed by atoms with Gasteiger partial charge >= 0.3 is 0 Å². The van der Waals surface area contributed by atoms with Crippen LogP contribution in [0.15, 0.2) is 77.7 Å². The zero-order valence-corrected chi connectivity index (χ0v) is 20.1. The van der Waals surface area contributed by atoms with Crippen molar-refractivity contribution in [2.24, 2.45) is 0 Å². The van der Waals surface area contributed by atoms with Crippen LogP contribution < -0.4 is 10.0 Å². The van der Waals surface area contributed by atoms with Gasteiger partial charge in [-0.05, 0) is 53.1 Å². The third kappa shape index (κ3) is 7.19. The van der Waals surface area contributed by atoms with Crippen LogP contribution in [-0.4, -0.2) is 45.5 Å². The van der Waals surface area contributed by atoms with Crippen LogP contribution in [-0.2, 0) is 34.4 Å². The van der Waals surface area contributed by atoms with E-state index in [4.69, 9.17) is 4.74 Å². The third-order valence-electron chi connectivity index (χ3n) is 5.79. The van der Waals surface area contributed by atoms with E-state index in [0.29, 0.717) is 12.1 Å². The highest BCUT2D eigenvalue weighted by Crippen LogP contribution is 2.14. The Kier molecular flexibility index (Phi) is 8.25. The second-order valence-electron chi connectivity index (χ2n) is 8.36. The van der Waals surface area contributed by atoms with E-state index in [1.54, 1.807) is 12.1 Å². The van der Waals surface area contributed by atoms with Gasteiger partial charge in [0.1, 0.15) is 5.82 Å². The number of benzene rings is 3. The highest BCUT2D eigenvalue weighted by atomic mass is 32.2. The molecule has 0 unspecified atom stereocenters. The molecule has 0 spiro atoms. The van der Waals surface area contributed by atoms with Crippen LogP contribution in [0.3, 0.4) is 0 Å². The molecule has 2 N–H and O–H groups in total. The SMILES string of the molecule is O=C(NCc1ccc(CNS(=O)(=O)c2ccc(CN3CCOCC3)cc2)cc1)c1ccc(F)cc1. The molecule has 3 aromatic rings. The lowest BCUT2D eigenvalue weighted by molar-refractivity contribution is 0.0342. The van der Waals surface area contributed by atoms with Crippen LogP contribution >= 0.6 is 0 Å².